The minimum Gasteiger partial charge on any atom is -0.342 e. The summed E-state index contributed by atoms with van der Waals surface area (Å²) in [5.74, 6) is 1.45. The van der Waals surface area contributed by atoms with E-state index in [1.807, 2.05) is 0 Å². The van der Waals surface area contributed by atoms with Crippen LogP contribution in [-0.4, -0.2) is 23.9 Å². The van der Waals surface area contributed by atoms with Gasteiger partial charge in [0.05, 0.1) is 0 Å². The number of benzene rings is 1. The van der Waals surface area contributed by atoms with Gasteiger partial charge in [0.2, 0.25) is 5.91 Å². The standard InChI is InChI=1S/C17H23NO/c1-2-13-5-3-4-6-16(13)14-9-11-18(12-10-14)17(19)15-7-8-15/h3-6,14-15H,2,7-12H2,1H3. The highest BCUT2D eigenvalue weighted by atomic mass is 16.2. The molecule has 2 aliphatic rings. The third-order valence-corrected chi connectivity index (χ3v) is 4.61. The number of carbonyl (C=O) groups is 1. The third kappa shape index (κ3) is 2.68. The summed E-state index contributed by atoms with van der Waals surface area (Å²) in [6.45, 7) is 4.14. The van der Waals surface area contributed by atoms with E-state index in [-0.39, 0.29) is 0 Å². The molecule has 1 aliphatic carbocycles. The molecule has 0 spiro atoms. The maximum absolute atomic E-state index is 12.1. The lowest BCUT2D eigenvalue weighted by Crippen LogP contribution is -2.38. The first-order chi connectivity index (χ1) is 9.29. The van der Waals surface area contributed by atoms with Gasteiger partial charge in [0.1, 0.15) is 0 Å². The fourth-order valence-electron chi connectivity index (χ4n) is 3.25. The Hall–Kier alpha value is -1.31. The van der Waals surface area contributed by atoms with Crippen molar-refractivity contribution in [2.45, 2.75) is 44.9 Å². The van der Waals surface area contributed by atoms with Crippen molar-refractivity contribution in [3.63, 3.8) is 0 Å². The fraction of sp³-hybridized carbons (Fsp3) is 0.588. The molecule has 0 radical (unpaired) electrons. The number of likely N-dealkylation sites (tertiary alicyclic amines) is 1. The number of hydrogen-bond donors (Lipinski definition) is 0. The van der Waals surface area contributed by atoms with Gasteiger partial charge in [-0.05, 0) is 49.1 Å². The molecule has 19 heavy (non-hydrogen) atoms. The lowest BCUT2D eigenvalue weighted by molar-refractivity contribution is -0.133. The minimum absolute atomic E-state index is 0.375. The molecule has 1 aromatic carbocycles. The summed E-state index contributed by atoms with van der Waals surface area (Å²) in [5.41, 5.74) is 3.00. The molecule has 1 saturated carbocycles. The lowest BCUT2D eigenvalue weighted by Gasteiger charge is -2.33. The van der Waals surface area contributed by atoms with Gasteiger partial charge in [-0.25, -0.2) is 0 Å². The van der Waals surface area contributed by atoms with Crippen LogP contribution in [0.4, 0.5) is 0 Å². The van der Waals surface area contributed by atoms with Gasteiger partial charge in [-0.15, -0.1) is 0 Å². The van der Waals surface area contributed by atoms with E-state index in [2.05, 4.69) is 36.1 Å². The van der Waals surface area contributed by atoms with Gasteiger partial charge in [-0.3, -0.25) is 4.79 Å². The molecule has 1 saturated heterocycles. The number of nitrogens with zero attached hydrogens (tertiary/aromatic N) is 1. The molecule has 1 heterocycles. The number of rotatable bonds is 3. The second-order valence-corrected chi connectivity index (χ2v) is 5.93. The summed E-state index contributed by atoms with van der Waals surface area (Å²) in [6, 6.07) is 8.81. The van der Waals surface area contributed by atoms with Crippen molar-refractivity contribution in [3.05, 3.63) is 35.4 Å². The summed E-state index contributed by atoms with van der Waals surface area (Å²) in [5, 5.41) is 0. The second kappa shape index (κ2) is 5.36. The van der Waals surface area contributed by atoms with E-state index in [1.165, 1.54) is 11.1 Å². The summed E-state index contributed by atoms with van der Waals surface area (Å²) in [4.78, 5) is 14.2. The van der Waals surface area contributed by atoms with E-state index in [9.17, 15) is 4.79 Å². The molecule has 2 nitrogen and oxygen atoms in total. The van der Waals surface area contributed by atoms with Crippen molar-refractivity contribution in [2.24, 2.45) is 5.92 Å². The molecule has 2 fully saturated rings. The molecule has 1 amide bonds. The molecule has 3 rings (SSSR count). The van der Waals surface area contributed by atoms with Crippen LogP contribution in [-0.2, 0) is 11.2 Å². The zero-order valence-corrected chi connectivity index (χ0v) is 11.8. The van der Waals surface area contributed by atoms with Crippen molar-refractivity contribution in [3.8, 4) is 0 Å². The van der Waals surface area contributed by atoms with Crippen LogP contribution in [0.3, 0.4) is 0 Å². The highest BCUT2D eigenvalue weighted by Crippen LogP contribution is 2.35. The first-order valence-corrected chi connectivity index (χ1v) is 7.66. The molecule has 1 aliphatic heterocycles. The molecule has 0 atom stereocenters. The Kier molecular flexibility index (Phi) is 3.58. The van der Waals surface area contributed by atoms with Crippen molar-refractivity contribution in [2.75, 3.05) is 13.1 Å². The molecule has 2 heteroatoms. The van der Waals surface area contributed by atoms with Crippen LogP contribution in [0.15, 0.2) is 24.3 Å². The van der Waals surface area contributed by atoms with Crippen molar-refractivity contribution in [1.29, 1.82) is 0 Å². The van der Waals surface area contributed by atoms with Crippen LogP contribution in [0, 0.1) is 5.92 Å². The van der Waals surface area contributed by atoms with Crippen LogP contribution in [0.25, 0.3) is 0 Å². The van der Waals surface area contributed by atoms with E-state index in [0.29, 0.717) is 17.7 Å². The van der Waals surface area contributed by atoms with Gasteiger partial charge in [0, 0.05) is 19.0 Å². The average Bonchev–Trinajstić information content (AvgIpc) is 3.31. The molecule has 0 N–H and O–H groups in total. The maximum Gasteiger partial charge on any atom is 0.225 e. The molecular weight excluding hydrogens is 234 g/mol. The van der Waals surface area contributed by atoms with Gasteiger partial charge in [0.15, 0.2) is 0 Å². The van der Waals surface area contributed by atoms with Gasteiger partial charge in [0.25, 0.3) is 0 Å². The maximum atomic E-state index is 12.1. The molecule has 0 unspecified atom stereocenters. The van der Waals surface area contributed by atoms with E-state index >= 15 is 0 Å². The predicted molar refractivity (Wildman–Crippen MR) is 77.1 cm³/mol. The molecule has 0 aromatic heterocycles. The van der Waals surface area contributed by atoms with Crippen molar-refractivity contribution >= 4 is 5.91 Å². The number of hydrogen-bond acceptors (Lipinski definition) is 1. The average molecular weight is 257 g/mol. The Balaban J connectivity index is 1.64. The number of carbonyl (C=O) groups excluding carboxylic acids is 1. The highest BCUT2D eigenvalue weighted by Gasteiger charge is 2.35. The largest absolute Gasteiger partial charge is 0.342 e. The summed E-state index contributed by atoms with van der Waals surface area (Å²) in [6.07, 6.45) is 5.62. The van der Waals surface area contributed by atoms with Crippen LogP contribution < -0.4 is 0 Å². The van der Waals surface area contributed by atoms with Gasteiger partial charge < -0.3 is 4.90 Å². The van der Waals surface area contributed by atoms with Crippen LogP contribution in [0.5, 0.6) is 0 Å². The van der Waals surface area contributed by atoms with E-state index in [4.69, 9.17) is 0 Å². The monoisotopic (exact) mass is 257 g/mol. The number of amides is 1. The van der Waals surface area contributed by atoms with Crippen molar-refractivity contribution < 1.29 is 4.79 Å². The Morgan fingerprint density at radius 3 is 2.47 bits per heavy atom. The fourth-order valence-corrected chi connectivity index (χ4v) is 3.25. The zero-order valence-electron chi connectivity index (χ0n) is 11.8. The van der Waals surface area contributed by atoms with Crippen LogP contribution in [0.2, 0.25) is 0 Å². The second-order valence-electron chi connectivity index (χ2n) is 5.93. The summed E-state index contributed by atoms with van der Waals surface area (Å²) < 4.78 is 0. The third-order valence-electron chi connectivity index (χ3n) is 4.61. The number of aryl methyl sites for hydroxylation is 1. The van der Waals surface area contributed by atoms with E-state index in [1.54, 1.807) is 0 Å². The van der Waals surface area contributed by atoms with Crippen LogP contribution in [0.1, 0.15) is 49.7 Å². The van der Waals surface area contributed by atoms with Crippen molar-refractivity contribution in [1.82, 2.24) is 4.90 Å². The minimum atomic E-state index is 0.375. The lowest BCUT2D eigenvalue weighted by atomic mass is 9.86. The topological polar surface area (TPSA) is 20.3 Å². The Morgan fingerprint density at radius 2 is 1.84 bits per heavy atom. The van der Waals surface area contributed by atoms with Gasteiger partial charge in [-0.2, -0.15) is 0 Å². The van der Waals surface area contributed by atoms with Crippen LogP contribution >= 0.6 is 0 Å². The predicted octanol–water partition coefficient (Wildman–Crippen LogP) is 3.37. The zero-order chi connectivity index (χ0) is 13.2. The van der Waals surface area contributed by atoms with Gasteiger partial charge >= 0.3 is 0 Å². The van der Waals surface area contributed by atoms with E-state index < -0.39 is 0 Å². The van der Waals surface area contributed by atoms with E-state index in [0.717, 1.165) is 45.2 Å². The first-order valence-electron chi connectivity index (χ1n) is 7.66. The molecule has 102 valence electrons. The number of piperidine rings is 1. The highest BCUT2D eigenvalue weighted by molar-refractivity contribution is 5.81. The SMILES string of the molecule is CCc1ccccc1C1CCN(C(=O)C2CC2)CC1. The Labute approximate surface area is 115 Å². The summed E-state index contributed by atoms with van der Waals surface area (Å²) >= 11 is 0. The first kappa shape index (κ1) is 12.7. The smallest absolute Gasteiger partial charge is 0.225 e. The Bertz CT molecular complexity index is 456. The molecule has 1 aromatic rings. The molecule has 0 bridgehead atoms. The summed E-state index contributed by atoms with van der Waals surface area (Å²) in [7, 11) is 0. The Morgan fingerprint density at radius 1 is 1.16 bits per heavy atom. The molecular formula is C17H23NO. The van der Waals surface area contributed by atoms with Gasteiger partial charge in [-0.1, -0.05) is 31.2 Å². The normalized spacial score (nSPS) is 20.6. The quantitative estimate of drug-likeness (QED) is 0.813.